The minimum atomic E-state index is 0.358. The molecule has 0 aliphatic carbocycles. The van der Waals surface area contributed by atoms with E-state index in [0.29, 0.717) is 6.04 Å². The van der Waals surface area contributed by atoms with Gasteiger partial charge in [0.2, 0.25) is 0 Å². The molecule has 2 unspecified atom stereocenters. The van der Waals surface area contributed by atoms with Crippen LogP contribution in [0.25, 0.3) is 0 Å². The summed E-state index contributed by atoms with van der Waals surface area (Å²) in [5, 5.41) is 0. The van der Waals surface area contributed by atoms with E-state index in [0.717, 1.165) is 31.5 Å². The third kappa shape index (κ3) is 7.34. The van der Waals surface area contributed by atoms with Crippen LogP contribution in [-0.2, 0) is 4.74 Å². The lowest BCUT2D eigenvalue weighted by atomic mass is 9.98. The van der Waals surface area contributed by atoms with E-state index in [1.165, 1.54) is 38.8 Å². The van der Waals surface area contributed by atoms with Gasteiger partial charge in [0.05, 0.1) is 0 Å². The third-order valence-electron chi connectivity index (χ3n) is 3.89. The maximum Gasteiger partial charge on any atom is 0.0469 e. The third-order valence-corrected chi connectivity index (χ3v) is 3.89. The monoisotopic (exact) mass is 256 g/mol. The van der Waals surface area contributed by atoms with Gasteiger partial charge in [-0.05, 0) is 51.5 Å². The van der Waals surface area contributed by atoms with E-state index in [4.69, 9.17) is 10.5 Å². The molecule has 2 N–H and O–H groups in total. The molecule has 1 heterocycles. The van der Waals surface area contributed by atoms with Crippen LogP contribution in [0, 0.1) is 11.8 Å². The first-order chi connectivity index (χ1) is 8.58. The van der Waals surface area contributed by atoms with Crippen molar-refractivity contribution in [2.75, 3.05) is 33.4 Å². The number of rotatable bonds is 8. The minimum absolute atomic E-state index is 0.358. The van der Waals surface area contributed by atoms with Crippen LogP contribution in [0.5, 0.6) is 0 Å². The molecule has 3 nitrogen and oxygen atoms in total. The molecule has 2 atom stereocenters. The van der Waals surface area contributed by atoms with Gasteiger partial charge in [-0.1, -0.05) is 13.3 Å². The van der Waals surface area contributed by atoms with Crippen molar-refractivity contribution in [2.24, 2.45) is 17.6 Å². The fourth-order valence-electron chi connectivity index (χ4n) is 2.86. The van der Waals surface area contributed by atoms with Crippen molar-refractivity contribution in [1.29, 1.82) is 0 Å². The van der Waals surface area contributed by atoms with E-state index in [-0.39, 0.29) is 0 Å². The molecule has 0 spiro atoms. The van der Waals surface area contributed by atoms with Crippen molar-refractivity contribution in [3.63, 3.8) is 0 Å². The molecule has 1 fully saturated rings. The fourth-order valence-corrected chi connectivity index (χ4v) is 2.86. The van der Waals surface area contributed by atoms with Crippen LogP contribution < -0.4 is 5.73 Å². The zero-order chi connectivity index (χ0) is 13.4. The SMILES string of the molecule is CC(N)CCCC(C)CN(C)CC1CCOCC1. The van der Waals surface area contributed by atoms with Gasteiger partial charge >= 0.3 is 0 Å². The normalized spacial score (nSPS) is 21.2. The van der Waals surface area contributed by atoms with Crippen LogP contribution in [0.1, 0.15) is 46.0 Å². The number of nitrogens with zero attached hydrogens (tertiary/aromatic N) is 1. The molecule has 108 valence electrons. The van der Waals surface area contributed by atoms with Gasteiger partial charge in [0.15, 0.2) is 0 Å². The molecule has 0 amide bonds. The Kier molecular flexibility index (Phi) is 7.87. The Hall–Kier alpha value is -0.120. The average molecular weight is 256 g/mol. The largest absolute Gasteiger partial charge is 0.381 e. The Bertz CT molecular complexity index is 203. The highest BCUT2D eigenvalue weighted by atomic mass is 16.5. The highest BCUT2D eigenvalue weighted by Gasteiger charge is 2.16. The molecule has 0 saturated carbocycles. The lowest BCUT2D eigenvalue weighted by Crippen LogP contribution is -2.32. The second-order valence-electron chi connectivity index (χ2n) is 6.29. The van der Waals surface area contributed by atoms with Crippen LogP contribution in [0.4, 0.5) is 0 Å². The number of nitrogens with two attached hydrogens (primary N) is 1. The summed E-state index contributed by atoms with van der Waals surface area (Å²) in [6.45, 7) is 8.84. The molecule has 1 aliphatic heterocycles. The first-order valence-corrected chi connectivity index (χ1v) is 7.59. The number of ether oxygens (including phenoxy) is 1. The fraction of sp³-hybridized carbons (Fsp3) is 1.00. The molecular weight excluding hydrogens is 224 g/mol. The van der Waals surface area contributed by atoms with E-state index in [2.05, 4.69) is 25.8 Å². The van der Waals surface area contributed by atoms with E-state index >= 15 is 0 Å². The van der Waals surface area contributed by atoms with Gasteiger partial charge in [0.25, 0.3) is 0 Å². The van der Waals surface area contributed by atoms with Gasteiger partial charge in [-0.15, -0.1) is 0 Å². The van der Waals surface area contributed by atoms with Crippen molar-refractivity contribution < 1.29 is 4.74 Å². The molecule has 0 radical (unpaired) electrons. The zero-order valence-corrected chi connectivity index (χ0v) is 12.5. The quantitative estimate of drug-likeness (QED) is 0.725. The Morgan fingerprint density at radius 3 is 2.50 bits per heavy atom. The van der Waals surface area contributed by atoms with Crippen LogP contribution in [0.3, 0.4) is 0 Å². The summed E-state index contributed by atoms with van der Waals surface area (Å²) in [4.78, 5) is 2.51. The molecule has 1 aliphatic rings. The summed E-state index contributed by atoms with van der Waals surface area (Å²) in [6, 6.07) is 0.358. The smallest absolute Gasteiger partial charge is 0.0469 e. The van der Waals surface area contributed by atoms with Gasteiger partial charge in [0, 0.05) is 32.3 Å². The summed E-state index contributed by atoms with van der Waals surface area (Å²) < 4.78 is 5.41. The van der Waals surface area contributed by atoms with E-state index in [1.807, 2.05) is 0 Å². The molecule has 1 rings (SSSR count). The lowest BCUT2D eigenvalue weighted by Gasteiger charge is -2.28. The van der Waals surface area contributed by atoms with Crippen LogP contribution in [-0.4, -0.2) is 44.3 Å². The van der Waals surface area contributed by atoms with E-state index < -0.39 is 0 Å². The summed E-state index contributed by atoms with van der Waals surface area (Å²) in [5.41, 5.74) is 5.78. The predicted octanol–water partition coefficient (Wildman–Crippen LogP) is 2.50. The molecule has 0 aromatic carbocycles. The van der Waals surface area contributed by atoms with Gasteiger partial charge in [-0.25, -0.2) is 0 Å². The predicted molar refractivity (Wildman–Crippen MR) is 77.7 cm³/mol. The zero-order valence-electron chi connectivity index (χ0n) is 12.5. The van der Waals surface area contributed by atoms with Crippen molar-refractivity contribution in [2.45, 2.75) is 52.0 Å². The maximum atomic E-state index is 5.78. The van der Waals surface area contributed by atoms with Crippen molar-refractivity contribution >= 4 is 0 Å². The van der Waals surface area contributed by atoms with Gasteiger partial charge in [0.1, 0.15) is 0 Å². The molecule has 0 bridgehead atoms. The van der Waals surface area contributed by atoms with Gasteiger partial charge in [-0.2, -0.15) is 0 Å². The average Bonchev–Trinajstić information content (AvgIpc) is 2.29. The second kappa shape index (κ2) is 8.89. The van der Waals surface area contributed by atoms with Crippen molar-refractivity contribution in [3.8, 4) is 0 Å². The maximum absolute atomic E-state index is 5.78. The molecule has 0 aromatic heterocycles. The summed E-state index contributed by atoms with van der Waals surface area (Å²) in [7, 11) is 2.26. The number of hydrogen-bond acceptors (Lipinski definition) is 3. The molecule has 0 aromatic rings. The van der Waals surface area contributed by atoms with Crippen LogP contribution in [0.2, 0.25) is 0 Å². The second-order valence-corrected chi connectivity index (χ2v) is 6.29. The minimum Gasteiger partial charge on any atom is -0.381 e. The Labute approximate surface area is 113 Å². The van der Waals surface area contributed by atoms with Crippen molar-refractivity contribution in [3.05, 3.63) is 0 Å². The van der Waals surface area contributed by atoms with Gasteiger partial charge in [-0.3, -0.25) is 0 Å². The van der Waals surface area contributed by atoms with Crippen molar-refractivity contribution in [1.82, 2.24) is 4.90 Å². The standard InChI is InChI=1S/C15H32N2O/c1-13(5-4-6-14(2)16)11-17(3)12-15-7-9-18-10-8-15/h13-15H,4-12,16H2,1-3H3. The molecular formula is C15H32N2O. The molecule has 3 heteroatoms. The molecule has 1 saturated heterocycles. The Morgan fingerprint density at radius 1 is 1.22 bits per heavy atom. The van der Waals surface area contributed by atoms with Crippen LogP contribution in [0.15, 0.2) is 0 Å². The lowest BCUT2D eigenvalue weighted by molar-refractivity contribution is 0.0541. The van der Waals surface area contributed by atoms with E-state index in [1.54, 1.807) is 0 Å². The summed E-state index contributed by atoms with van der Waals surface area (Å²) >= 11 is 0. The Balaban J connectivity index is 2.08. The summed E-state index contributed by atoms with van der Waals surface area (Å²) in [5.74, 6) is 1.63. The van der Waals surface area contributed by atoms with E-state index in [9.17, 15) is 0 Å². The van der Waals surface area contributed by atoms with Gasteiger partial charge < -0.3 is 15.4 Å². The number of hydrogen-bond donors (Lipinski definition) is 1. The highest BCUT2D eigenvalue weighted by Crippen LogP contribution is 2.17. The topological polar surface area (TPSA) is 38.5 Å². The van der Waals surface area contributed by atoms with Crippen LogP contribution >= 0.6 is 0 Å². The first kappa shape index (κ1) is 15.9. The Morgan fingerprint density at radius 2 is 1.89 bits per heavy atom. The molecule has 18 heavy (non-hydrogen) atoms. The summed E-state index contributed by atoms with van der Waals surface area (Å²) in [6.07, 6.45) is 6.21. The highest BCUT2D eigenvalue weighted by molar-refractivity contribution is 4.69. The first-order valence-electron chi connectivity index (χ1n) is 7.59.